The molecule has 0 saturated heterocycles. The third kappa shape index (κ3) is 2.57. The number of anilines is 3. The van der Waals surface area contributed by atoms with Gasteiger partial charge in [-0.1, -0.05) is 0 Å². The molecular weight excluding hydrogens is 237 g/mol. The van der Waals surface area contributed by atoms with E-state index < -0.39 is 6.03 Å². The number of aromatic nitrogens is 2. The maximum Gasteiger partial charge on any atom is 0.324 e. The van der Waals surface area contributed by atoms with E-state index in [1.165, 1.54) is 24.3 Å². The summed E-state index contributed by atoms with van der Waals surface area (Å²) in [4.78, 5) is 11.6. The fourth-order valence-electron chi connectivity index (χ4n) is 1.34. The Morgan fingerprint density at radius 1 is 1.33 bits per heavy atom. The Bertz CT molecular complexity index is 563. The molecule has 1 heterocycles. The summed E-state index contributed by atoms with van der Waals surface area (Å²) in [5.41, 5.74) is 7.20. The van der Waals surface area contributed by atoms with Crippen molar-refractivity contribution in [1.29, 1.82) is 0 Å². The summed E-state index contributed by atoms with van der Waals surface area (Å²) in [7, 11) is 0. The average Bonchev–Trinajstić information content (AvgIpc) is 2.64. The smallest absolute Gasteiger partial charge is 0.324 e. The molecule has 0 spiro atoms. The van der Waals surface area contributed by atoms with Gasteiger partial charge in [0.2, 0.25) is 0 Å². The van der Waals surface area contributed by atoms with E-state index in [0.717, 1.165) is 0 Å². The van der Waals surface area contributed by atoms with E-state index in [4.69, 9.17) is 5.73 Å². The van der Waals surface area contributed by atoms with Crippen LogP contribution in [0.15, 0.2) is 24.3 Å². The first-order chi connectivity index (χ1) is 8.56. The van der Waals surface area contributed by atoms with Crippen LogP contribution in [-0.2, 0) is 0 Å². The molecule has 0 bridgehead atoms. The Morgan fingerprint density at radius 2 is 2.00 bits per heavy atom. The number of amides is 2. The standard InChI is InChI=1S/C11H12FN5O/c1-6-9(13)10(17-16-6)15-11(18)14-8-4-2-7(12)3-5-8/h2-5H,13H2,1H3,(H3,14,15,16,17,18). The van der Waals surface area contributed by atoms with E-state index in [9.17, 15) is 9.18 Å². The summed E-state index contributed by atoms with van der Waals surface area (Å²) in [6, 6.07) is 4.91. The first-order valence-electron chi connectivity index (χ1n) is 5.20. The lowest BCUT2D eigenvalue weighted by Crippen LogP contribution is -2.20. The van der Waals surface area contributed by atoms with Gasteiger partial charge in [0.05, 0.1) is 11.4 Å². The van der Waals surface area contributed by atoms with Gasteiger partial charge in [-0.2, -0.15) is 5.10 Å². The Morgan fingerprint density at radius 3 is 2.56 bits per heavy atom. The molecule has 18 heavy (non-hydrogen) atoms. The molecule has 1 aromatic heterocycles. The lowest BCUT2D eigenvalue weighted by molar-refractivity contribution is 0.262. The van der Waals surface area contributed by atoms with Crippen LogP contribution in [0, 0.1) is 12.7 Å². The number of hydrogen-bond acceptors (Lipinski definition) is 3. The van der Waals surface area contributed by atoms with E-state index in [0.29, 0.717) is 17.1 Å². The molecule has 2 aromatic rings. The molecule has 2 rings (SSSR count). The van der Waals surface area contributed by atoms with Crippen LogP contribution >= 0.6 is 0 Å². The van der Waals surface area contributed by atoms with Crippen molar-refractivity contribution in [3.05, 3.63) is 35.8 Å². The SMILES string of the molecule is Cc1[nH]nc(NC(=O)Nc2ccc(F)cc2)c1N. The highest BCUT2D eigenvalue weighted by Crippen LogP contribution is 2.18. The number of H-pyrrole nitrogens is 1. The quantitative estimate of drug-likeness (QED) is 0.656. The van der Waals surface area contributed by atoms with E-state index in [-0.39, 0.29) is 11.6 Å². The van der Waals surface area contributed by atoms with Gasteiger partial charge in [-0.25, -0.2) is 9.18 Å². The lowest BCUT2D eigenvalue weighted by atomic mass is 10.3. The minimum Gasteiger partial charge on any atom is -0.394 e. The van der Waals surface area contributed by atoms with Crippen LogP contribution in [0.1, 0.15) is 5.69 Å². The highest BCUT2D eigenvalue weighted by Gasteiger charge is 2.10. The van der Waals surface area contributed by atoms with Gasteiger partial charge in [0, 0.05) is 5.69 Å². The maximum absolute atomic E-state index is 12.7. The van der Waals surface area contributed by atoms with Crippen LogP contribution in [0.5, 0.6) is 0 Å². The first kappa shape index (κ1) is 11.9. The van der Waals surface area contributed by atoms with Crippen LogP contribution in [0.2, 0.25) is 0 Å². The average molecular weight is 249 g/mol. The molecule has 0 fully saturated rings. The van der Waals surface area contributed by atoms with Crippen molar-refractivity contribution < 1.29 is 9.18 Å². The minimum atomic E-state index is -0.500. The number of hydrogen-bond donors (Lipinski definition) is 4. The number of halogens is 1. The van der Waals surface area contributed by atoms with Gasteiger partial charge in [0.1, 0.15) is 5.82 Å². The second-order valence-corrected chi connectivity index (χ2v) is 3.70. The van der Waals surface area contributed by atoms with E-state index in [1.807, 2.05) is 0 Å². The zero-order chi connectivity index (χ0) is 13.1. The normalized spacial score (nSPS) is 10.1. The zero-order valence-corrected chi connectivity index (χ0v) is 9.62. The zero-order valence-electron chi connectivity index (χ0n) is 9.62. The Kier molecular flexibility index (Phi) is 3.13. The van der Waals surface area contributed by atoms with Gasteiger partial charge in [0.15, 0.2) is 5.82 Å². The van der Waals surface area contributed by atoms with Crippen molar-refractivity contribution in [3.8, 4) is 0 Å². The summed E-state index contributed by atoms with van der Waals surface area (Å²) < 4.78 is 12.7. The molecule has 5 N–H and O–H groups in total. The number of carbonyl (C=O) groups excluding carboxylic acids is 1. The Hall–Kier alpha value is -2.57. The molecular formula is C11H12FN5O. The summed E-state index contributed by atoms with van der Waals surface area (Å²) >= 11 is 0. The second-order valence-electron chi connectivity index (χ2n) is 3.70. The van der Waals surface area contributed by atoms with Gasteiger partial charge in [-0.15, -0.1) is 0 Å². The monoisotopic (exact) mass is 249 g/mol. The predicted molar refractivity (Wildman–Crippen MR) is 66.8 cm³/mol. The number of urea groups is 1. The minimum absolute atomic E-state index is 0.257. The fourth-order valence-corrected chi connectivity index (χ4v) is 1.34. The van der Waals surface area contributed by atoms with Crippen molar-refractivity contribution in [3.63, 3.8) is 0 Å². The van der Waals surface area contributed by atoms with Crippen LogP contribution in [0.25, 0.3) is 0 Å². The molecule has 2 amide bonds. The van der Waals surface area contributed by atoms with Gasteiger partial charge < -0.3 is 11.1 Å². The Balaban J connectivity index is 2.01. The highest BCUT2D eigenvalue weighted by molar-refractivity contribution is 6.00. The number of nitrogens with two attached hydrogens (primary N) is 1. The van der Waals surface area contributed by atoms with Gasteiger partial charge in [0.25, 0.3) is 0 Å². The van der Waals surface area contributed by atoms with Crippen molar-refractivity contribution in [2.75, 3.05) is 16.4 Å². The number of aryl methyl sites for hydroxylation is 1. The second kappa shape index (κ2) is 4.74. The fraction of sp³-hybridized carbons (Fsp3) is 0.0909. The number of benzene rings is 1. The number of nitrogens with zero attached hydrogens (tertiary/aromatic N) is 1. The van der Waals surface area contributed by atoms with Gasteiger partial charge in [-0.3, -0.25) is 10.4 Å². The molecule has 0 atom stereocenters. The molecule has 6 nitrogen and oxygen atoms in total. The molecule has 1 aromatic carbocycles. The van der Waals surface area contributed by atoms with E-state index in [2.05, 4.69) is 20.8 Å². The third-order valence-corrected chi connectivity index (χ3v) is 2.33. The Labute approximate surface area is 102 Å². The lowest BCUT2D eigenvalue weighted by Gasteiger charge is -2.05. The van der Waals surface area contributed by atoms with E-state index >= 15 is 0 Å². The predicted octanol–water partition coefficient (Wildman–Crippen LogP) is 2.08. The number of nitrogen functional groups attached to an aromatic ring is 1. The summed E-state index contributed by atoms with van der Waals surface area (Å²) in [6.07, 6.45) is 0. The number of rotatable bonds is 2. The van der Waals surface area contributed by atoms with Crippen molar-refractivity contribution in [1.82, 2.24) is 10.2 Å². The number of carbonyl (C=O) groups is 1. The topological polar surface area (TPSA) is 95.8 Å². The molecule has 0 radical (unpaired) electrons. The number of aromatic amines is 1. The highest BCUT2D eigenvalue weighted by atomic mass is 19.1. The van der Waals surface area contributed by atoms with Crippen molar-refractivity contribution >= 4 is 23.2 Å². The molecule has 0 aliphatic rings. The molecule has 0 aliphatic carbocycles. The summed E-state index contributed by atoms with van der Waals surface area (Å²) in [5, 5.41) is 11.5. The summed E-state index contributed by atoms with van der Waals surface area (Å²) in [6.45, 7) is 1.74. The molecule has 0 aliphatic heterocycles. The third-order valence-electron chi connectivity index (χ3n) is 2.33. The van der Waals surface area contributed by atoms with Gasteiger partial charge >= 0.3 is 6.03 Å². The maximum atomic E-state index is 12.7. The first-order valence-corrected chi connectivity index (χ1v) is 5.20. The molecule has 7 heteroatoms. The van der Waals surface area contributed by atoms with Crippen molar-refractivity contribution in [2.24, 2.45) is 0 Å². The van der Waals surface area contributed by atoms with Crippen molar-refractivity contribution in [2.45, 2.75) is 6.92 Å². The molecule has 0 saturated carbocycles. The van der Waals surface area contributed by atoms with Gasteiger partial charge in [-0.05, 0) is 31.2 Å². The van der Waals surface area contributed by atoms with Crippen LogP contribution in [0.3, 0.4) is 0 Å². The number of nitrogens with one attached hydrogen (secondary N) is 3. The largest absolute Gasteiger partial charge is 0.394 e. The van der Waals surface area contributed by atoms with Crippen LogP contribution in [0.4, 0.5) is 26.4 Å². The van der Waals surface area contributed by atoms with Crippen LogP contribution in [-0.4, -0.2) is 16.2 Å². The van der Waals surface area contributed by atoms with E-state index in [1.54, 1.807) is 6.92 Å². The molecule has 94 valence electrons. The summed E-state index contributed by atoms with van der Waals surface area (Å²) in [5.74, 6) is -0.111. The molecule has 0 unspecified atom stereocenters. The van der Waals surface area contributed by atoms with Crippen LogP contribution < -0.4 is 16.4 Å².